The van der Waals surface area contributed by atoms with Crippen LogP contribution in [0.15, 0.2) is 41.2 Å². The Balaban J connectivity index is 2.02. The van der Waals surface area contributed by atoms with Gasteiger partial charge in [-0.2, -0.15) is 0 Å². The molecule has 2 N–H and O–H groups in total. The first-order valence-corrected chi connectivity index (χ1v) is 10.9. The lowest BCUT2D eigenvalue weighted by molar-refractivity contribution is -0.130. The van der Waals surface area contributed by atoms with E-state index in [-0.39, 0.29) is 22.1 Å². The Kier molecular flexibility index (Phi) is 6.18. The van der Waals surface area contributed by atoms with Crippen LogP contribution in [0.1, 0.15) is 29.7 Å². The number of rotatable bonds is 4. The fraction of sp³-hybridized carbons (Fsp3) is 0.261. The number of H-pyrrole nitrogens is 1. The molecule has 33 heavy (non-hydrogen) atoms. The summed E-state index contributed by atoms with van der Waals surface area (Å²) in [5, 5.41) is 11.8. The van der Waals surface area contributed by atoms with Gasteiger partial charge >= 0.3 is 0 Å². The second kappa shape index (κ2) is 8.92. The molecule has 1 atom stereocenters. The number of aromatic amines is 1. The van der Waals surface area contributed by atoms with Crippen LogP contribution < -0.4 is 15.0 Å². The molecule has 0 unspecified atom stereocenters. The lowest BCUT2D eigenvalue weighted by Crippen LogP contribution is -2.42. The predicted octanol–water partition coefficient (Wildman–Crippen LogP) is 3.77. The van der Waals surface area contributed by atoms with E-state index in [1.165, 1.54) is 18.6 Å². The van der Waals surface area contributed by atoms with E-state index in [0.29, 0.717) is 40.7 Å². The highest BCUT2D eigenvalue weighted by molar-refractivity contribution is 7.71. The van der Waals surface area contributed by atoms with Crippen LogP contribution in [0.3, 0.4) is 0 Å². The third-order valence-electron chi connectivity index (χ3n) is 5.76. The van der Waals surface area contributed by atoms with Gasteiger partial charge in [0.15, 0.2) is 16.3 Å². The van der Waals surface area contributed by atoms with Gasteiger partial charge in [-0.25, -0.2) is 0 Å². The number of hydrogen-bond donors (Lipinski definition) is 2. The van der Waals surface area contributed by atoms with E-state index >= 15 is 0 Å². The molecule has 172 valence electrons. The Morgan fingerprint density at radius 2 is 1.82 bits per heavy atom. The molecule has 4 rings (SSSR count). The van der Waals surface area contributed by atoms with Crippen molar-refractivity contribution in [2.75, 3.05) is 20.8 Å². The van der Waals surface area contributed by atoms with Gasteiger partial charge in [0.1, 0.15) is 5.56 Å². The van der Waals surface area contributed by atoms with Crippen molar-refractivity contribution in [1.82, 2.24) is 14.5 Å². The molecule has 8 nitrogen and oxygen atoms in total. The van der Waals surface area contributed by atoms with E-state index in [1.807, 2.05) is 6.07 Å². The summed E-state index contributed by atoms with van der Waals surface area (Å²) in [6.07, 6.45) is 0.556. The number of amides is 1. The molecule has 2 aromatic carbocycles. The summed E-state index contributed by atoms with van der Waals surface area (Å²) in [5.74, 6) is 0.402. The van der Waals surface area contributed by atoms with Gasteiger partial charge in [-0.05, 0) is 66.2 Å². The molecule has 1 aliphatic heterocycles. The molecule has 0 bridgehead atoms. The predicted molar refractivity (Wildman–Crippen MR) is 126 cm³/mol. The van der Waals surface area contributed by atoms with E-state index in [0.717, 1.165) is 5.56 Å². The molecule has 1 amide bonds. The van der Waals surface area contributed by atoms with Crippen molar-refractivity contribution in [2.45, 2.75) is 19.4 Å². The van der Waals surface area contributed by atoms with E-state index < -0.39 is 11.6 Å². The van der Waals surface area contributed by atoms with Crippen molar-refractivity contribution < 1.29 is 19.4 Å². The molecular formula is C23H22ClN3O5S. The largest absolute Gasteiger partial charge is 0.494 e. The van der Waals surface area contributed by atoms with E-state index in [4.69, 9.17) is 33.3 Å². The third-order valence-corrected chi connectivity index (χ3v) is 6.29. The maximum Gasteiger partial charge on any atom is 0.261 e. The molecule has 0 aliphatic carbocycles. The highest BCUT2D eigenvalue weighted by Gasteiger charge is 2.36. The second-order valence-corrected chi connectivity index (χ2v) is 8.40. The number of nitrogens with one attached hydrogen (secondary N) is 1. The average molecular weight is 488 g/mol. The zero-order chi connectivity index (χ0) is 23.9. The lowest BCUT2D eigenvalue weighted by Gasteiger charge is -2.37. The van der Waals surface area contributed by atoms with Gasteiger partial charge < -0.3 is 19.5 Å². The van der Waals surface area contributed by atoms with Gasteiger partial charge in [-0.15, -0.1) is 0 Å². The SMILES string of the molecule is COc1cc2c(cc1OC)[C@H](c1c(O)n(-c3ccc(Cl)cc3)c(=S)[nH]c1=O)N(C(C)=O)CC2. The van der Waals surface area contributed by atoms with Crippen LogP contribution in [-0.2, 0) is 11.2 Å². The zero-order valence-corrected chi connectivity index (χ0v) is 19.8. The molecule has 2 heterocycles. The third kappa shape index (κ3) is 3.98. The van der Waals surface area contributed by atoms with Crippen molar-refractivity contribution in [1.29, 1.82) is 0 Å². The number of nitrogens with zero attached hydrogens (tertiary/aromatic N) is 2. The average Bonchev–Trinajstić information content (AvgIpc) is 2.78. The Bertz CT molecular complexity index is 1350. The molecule has 0 radical (unpaired) electrons. The smallest absolute Gasteiger partial charge is 0.261 e. The van der Waals surface area contributed by atoms with Crippen LogP contribution in [-0.4, -0.2) is 46.2 Å². The fourth-order valence-corrected chi connectivity index (χ4v) is 4.62. The minimum Gasteiger partial charge on any atom is -0.494 e. The maximum absolute atomic E-state index is 13.1. The van der Waals surface area contributed by atoms with E-state index in [2.05, 4.69) is 4.98 Å². The summed E-state index contributed by atoms with van der Waals surface area (Å²) in [6, 6.07) is 9.36. The number of carbonyl (C=O) groups excluding carboxylic acids is 1. The number of fused-ring (bicyclic) bond motifs is 1. The molecular weight excluding hydrogens is 466 g/mol. The first kappa shape index (κ1) is 22.9. The number of hydrogen-bond acceptors (Lipinski definition) is 6. The summed E-state index contributed by atoms with van der Waals surface area (Å²) in [5.41, 5.74) is 1.48. The molecule has 0 fully saturated rings. The number of aromatic hydroxyl groups is 1. The second-order valence-electron chi connectivity index (χ2n) is 7.58. The van der Waals surface area contributed by atoms with Gasteiger partial charge in [0, 0.05) is 18.5 Å². The minimum atomic E-state index is -0.857. The molecule has 1 aliphatic rings. The first-order chi connectivity index (χ1) is 15.8. The number of carbonyl (C=O) groups is 1. The van der Waals surface area contributed by atoms with Crippen molar-refractivity contribution in [3.8, 4) is 23.1 Å². The van der Waals surface area contributed by atoms with Crippen molar-refractivity contribution in [3.05, 3.63) is 73.2 Å². The Hall–Kier alpha value is -3.30. The minimum absolute atomic E-state index is 0.00178. The number of methoxy groups -OCH3 is 2. The molecule has 0 saturated heterocycles. The Morgan fingerprint density at radius 1 is 1.18 bits per heavy atom. The Labute approximate surface area is 200 Å². The topological polar surface area (TPSA) is 96.8 Å². The molecule has 0 spiro atoms. The van der Waals surface area contributed by atoms with Crippen molar-refractivity contribution in [3.63, 3.8) is 0 Å². The summed E-state index contributed by atoms with van der Waals surface area (Å²) in [6.45, 7) is 1.79. The van der Waals surface area contributed by atoms with Gasteiger partial charge in [-0.3, -0.25) is 19.1 Å². The van der Waals surface area contributed by atoms with E-state index in [1.54, 1.807) is 42.3 Å². The van der Waals surface area contributed by atoms with Crippen molar-refractivity contribution in [2.24, 2.45) is 0 Å². The quantitative estimate of drug-likeness (QED) is 0.544. The standard InChI is InChI=1S/C23H22ClN3O5S/c1-12(28)26-9-8-13-10-17(31-2)18(32-3)11-16(13)20(26)19-21(29)25-23(33)27(22(19)30)15-6-4-14(24)5-7-15/h4-7,10-11,20,30H,8-9H2,1-3H3,(H,25,29,33)/t20-/m1/s1. The van der Waals surface area contributed by atoms with Crippen molar-refractivity contribution >= 4 is 29.7 Å². The maximum atomic E-state index is 13.1. The summed E-state index contributed by atoms with van der Waals surface area (Å²) >= 11 is 11.3. The number of aromatic nitrogens is 2. The number of ether oxygens (including phenoxy) is 2. The van der Waals surface area contributed by atoms with Crippen LogP contribution in [0.5, 0.6) is 17.4 Å². The molecule has 1 aromatic heterocycles. The zero-order valence-electron chi connectivity index (χ0n) is 18.2. The van der Waals surface area contributed by atoms with Crippen LogP contribution in [0.2, 0.25) is 5.02 Å². The lowest BCUT2D eigenvalue weighted by atomic mass is 9.88. The molecule has 10 heteroatoms. The summed E-state index contributed by atoms with van der Waals surface area (Å²) in [4.78, 5) is 29.9. The molecule has 3 aromatic rings. The van der Waals surface area contributed by atoms with E-state index in [9.17, 15) is 14.7 Å². The fourth-order valence-electron chi connectivity index (χ4n) is 4.21. The summed E-state index contributed by atoms with van der Waals surface area (Å²) < 4.78 is 12.2. The van der Waals surface area contributed by atoms with Gasteiger partial charge in [0.2, 0.25) is 11.8 Å². The van der Waals surface area contributed by atoms with Crippen LogP contribution in [0, 0.1) is 4.77 Å². The normalized spacial score (nSPS) is 15.2. The van der Waals surface area contributed by atoms with Gasteiger partial charge in [0.05, 0.1) is 25.9 Å². The van der Waals surface area contributed by atoms with Crippen LogP contribution in [0.4, 0.5) is 0 Å². The number of halogens is 1. The van der Waals surface area contributed by atoms with Gasteiger partial charge in [-0.1, -0.05) is 11.6 Å². The highest BCUT2D eigenvalue weighted by atomic mass is 35.5. The molecule has 0 saturated carbocycles. The van der Waals surface area contributed by atoms with Crippen LogP contribution in [0.25, 0.3) is 5.69 Å². The van der Waals surface area contributed by atoms with Crippen LogP contribution >= 0.6 is 23.8 Å². The first-order valence-electron chi connectivity index (χ1n) is 10.1. The Morgan fingerprint density at radius 3 is 2.42 bits per heavy atom. The highest BCUT2D eigenvalue weighted by Crippen LogP contribution is 2.42. The van der Waals surface area contributed by atoms with Gasteiger partial charge in [0.25, 0.3) is 5.56 Å². The summed E-state index contributed by atoms with van der Waals surface area (Å²) in [7, 11) is 3.05. The monoisotopic (exact) mass is 487 g/mol. The number of benzene rings is 2.